The minimum Gasteiger partial charge on any atom is -0.332 e. The fraction of sp³-hybridized carbons (Fsp3) is 0.0517. The first-order valence-corrected chi connectivity index (χ1v) is 21.6. The van der Waals surface area contributed by atoms with Gasteiger partial charge in [0.2, 0.25) is 0 Å². The highest BCUT2D eigenvalue weighted by Crippen LogP contribution is 2.53. The van der Waals surface area contributed by atoms with Gasteiger partial charge in [-0.15, -0.1) is 0 Å². The largest absolute Gasteiger partial charge is 0.332 e. The summed E-state index contributed by atoms with van der Waals surface area (Å²) < 4.78 is 2.33. The Bertz CT molecular complexity index is 3380. The molecule has 1 aliphatic carbocycles. The van der Waals surface area contributed by atoms with E-state index in [2.05, 4.69) is 223 Å². The number of allylic oxidation sites excluding steroid dienone is 2. The molecule has 8 aromatic carbocycles. The Morgan fingerprint density at radius 3 is 1.73 bits per heavy atom. The van der Waals surface area contributed by atoms with Crippen LogP contribution in [0, 0.1) is 0 Å². The van der Waals surface area contributed by atoms with Crippen molar-refractivity contribution in [2.45, 2.75) is 18.4 Å². The Labute approximate surface area is 366 Å². The summed E-state index contributed by atoms with van der Waals surface area (Å²) in [6, 6.07) is 71.2. The summed E-state index contributed by atoms with van der Waals surface area (Å²) in [7, 11) is 0. The molecule has 0 spiro atoms. The van der Waals surface area contributed by atoms with Gasteiger partial charge >= 0.3 is 0 Å². The van der Waals surface area contributed by atoms with E-state index < -0.39 is 0 Å². The van der Waals surface area contributed by atoms with E-state index in [1.807, 2.05) is 18.2 Å². The van der Waals surface area contributed by atoms with Crippen LogP contribution in [-0.4, -0.2) is 25.6 Å². The number of benzene rings is 8. The summed E-state index contributed by atoms with van der Waals surface area (Å²) in [5, 5.41) is 2.44. The Morgan fingerprint density at radius 2 is 1.00 bits per heavy atom. The van der Waals surface area contributed by atoms with Crippen LogP contribution in [0.5, 0.6) is 0 Å². The van der Waals surface area contributed by atoms with E-state index in [4.69, 9.17) is 15.0 Å². The average molecular weight is 808 g/mol. The highest BCUT2D eigenvalue weighted by atomic mass is 15.2. The Balaban J connectivity index is 1.02. The first kappa shape index (κ1) is 36.7. The second-order valence-electron chi connectivity index (χ2n) is 16.6. The molecular formula is C58H41N5. The number of fused-ring (bicyclic) bond motifs is 6. The van der Waals surface area contributed by atoms with E-state index in [9.17, 15) is 0 Å². The van der Waals surface area contributed by atoms with Crippen LogP contribution < -0.4 is 4.90 Å². The first-order chi connectivity index (χ1) is 31.1. The fourth-order valence-corrected chi connectivity index (χ4v) is 9.84. The Kier molecular flexibility index (Phi) is 8.61. The van der Waals surface area contributed by atoms with Gasteiger partial charge in [0.1, 0.15) is 0 Å². The molecular weight excluding hydrogens is 767 g/mol. The summed E-state index contributed by atoms with van der Waals surface area (Å²) in [5.74, 6) is 1.85. The lowest BCUT2D eigenvalue weighted by Gasteiger charge is -2.35. The molecule has 2 aromatic heterocycles. The Hall–Kier alpha value is -8.15. The smallest absolute Gasteiger partial charge is 0.164 e. The summed E-state index contributed by atoms with van der Waals surface area (Å²) in [5.41, 5.74) is 14.2. The molecule has 0 saturated heterocycles. The minimum atomic E-state index is -0.170. The lowest BCUT2D eigenvalue weighted by atomic mass is 9.76. The van der Waals surface area contributed by atoms with Gasteiger partial charge in [-0.25, -0.2) is 15.0 Å². The molecule has 0 saturated carbocycles. The molecule has 10 aromatic rings. The third-order valence-electron chi connectivity index (χ3n) is 12.9. The summed E-state index contributed by atoms with van der Waals surface area (Å²) in [6.07, 6.45) is 9.08. The first-order valence-electron chi connectivity index (χ1n) is 21.6. The molecule has 0 radical (unpaired) electrons. The molecule has 0 N–H and O–H groups in total. The predicted octanol–water partition coefficient (Wildman–Crippen LogP) is 14.2. The van der Waals surface area contributed by atoms with Gasteiger partial charge in [-0.3, -0.25) is 0 Å². The van der Waals surface area contributed by atoms with Gasteiger partial charge in [-0.1, -0.05) is 176 Å². The molecule has 1 aliphatic heterocycles. The quantitative estimate of drug-likeness (QED) is 0.161. The van der Waals surface area contributed by atoms with Crippen LogP contribution >= 0.6 is 0 Å². The van der Waals surface area contributed by atoms with Gasteiger partial charge in [0, 0.05) is 55.5 Å². The predicted molar refractivity (Wildman–Crippen MR) is 259 cm³/mol. The second-order valence-corrected chi connectivity index (χ2v) is 16.6. The maximum atomic E-state index is 5.28. The van der Waals surface area contributed by atoms with Crippen LogP contribution in [0.25, 0.3) is 83.9 Å². The van der Waals surface area contributed by atoms with Crippen LogP contribution in [0.4, 0.5) is 11.4 Å². The standard InChI is InChI=1S/C58H41N5/c1-58-35-15-14-32-54(58)63(53-31-13-10-28-49(53)58)52-34-33-41(39-18-4-2-5-19-39)38-48(52)42-22-16-23-43(36-42)56-59-55(40-20-6-3-7-21-40)60-57(61-56)44-24-17-25-45(37-44)62-50-29-11-8-26-46(50)47-27-9-12-30-51(47)62/h2-38,54H,1H3. The number of hydrogen-bond donors (Lipinski definition) is 0. The summed E-state index contributed by atoms with van der Waals surface area (Å²) in [6.45, 7) is 2.36. The third kappa shape index (κ3) is 6.12. The van der Waals surface area contributed by atoms with Crippen LogP contribution in [0.3, 0.4) is 0 Å². The molecule has 2 unspecified atom stereocenters. The number of nitrogens with zero attached hydrogens (tertiary/aromatic N) is 5. The van der Waals surface area contributed by atoms with E-state index in [1.54, 1.807) is 0 Å². The highest BCUT2D eigenvalue weighted by Gasteiger charge is 2.46. The lowest BCUT2D eigenvalue weighted by molar-refractivity contribution is 0.551. The van der Waals surface area contributed by atoms with E-state index in [1.165, 1.54) is 27.6 Å². The molecule has 3 heterocycles. The molecule has 12 rings (SSSR count). The Morgan fingerprint density at radius 1 is 0.429 bits per heavy atom. The molecule has 63 heavy (non-hydrogen) atoms. The monoisotopic (exact) mass is 807 g/mol. The zero-order valence-electron chi connectivity index (χ0n) is 34.7. The number of hydrogen-bond acceptors (Lipinski definition) is 4. The van der Waals surface area contributed by atoms with Crippen LogP contribution in [0.1, 0.15) is 12.5 Å². The molecule has 0 fully saturated rings. The van der Waals surface area contributed by atoms with E-state index in [0.717, 1.165) is 55.8 Å². The van der Waals surface area contributed by atoms with Crippen molar-refractivity contribution in [2.75, 3.05) is 4.90 Å². The molecule has 2 aliphatic rings. The lowest BCUT2D eigenvalue weighted by Crippen LogP contribution is -2.39. The zero-order valence-corrected chi connectivity index (χ0v) is 34.7. The topological polar surface area (TPSA) is 46.8 Å². The van der Waals surface area contributed by atoms with Crippen LogP contribution in [-0.2, 0) is 5.41 Å². The van der Waals surface area contributed by atoms with E-state index in [0.29, 0.717) is 17.5 Å². The fourth-order valence-electron chi connectivity index (χ4n) is 9.84. The zero-order chi connectivity index (χ0) is 41.9. The van der Waals surface area contributed by atoms with Crippen molar-refractivity contribution in [3.63, 3.8) is 0 Å². The number of anilines is 2. The maximum absolute atomic E-state index is 5.28. The van der Waals surface area contributed by atoms with Gasteiger partial charge in [0.15, 0.2) is 17.5 Å². The van der Waals surface area contributed by atoms with Crippen molar-refractivity contribution >= 4 is 33.2 Å². The highest BCUT2D eigenvalue weighted by molar-refractivity contribution is 6.09. The second kappa shape index (κ2) is 14.8. The van der Waals surface area contributed by atoms with Crippen molar-refractivity contribution in [2.24, 2.45) is 0 Å². The van der Waals surface area contributed by atoms with Gasteiger partial charge < -0.3 is 9.47 Å². The maximum Gasteiger partial charge on any atom is 0.164 e. The normalized spacial score (nSPS) is 16.4. The van der Waals surface area contributed by atoms with Crippen molar-refractivity contribution in [1.29, 1.82) is 0 Å². The summed E-state index contributed by atoms with van der Waals surface area (Å²) >= 11 is 0. The SMILES string of the molecule is CC12C=CC=CC1N(c1ccc(-c3ccccc3)cc1-c1cccc(-c3nc(-c4ccccc4)nc(-c4cccc(-n5c6ccccc6c6ccccc65)c4)n3)c1)c1ccccc12. The van der Waals surface area contributed by atoms with Crippen molar-refractivity contribution < 1.29 is 0 Å². The van der Waals surface area contributed by atoms with Gasteiger partial charge in [0.25, 0.3) is 0 Å². The van der Waals surface area contributed by atoms with Crippen LogP contribution in [0.2, 0.25) is 0 Å². The van der Waals surface area contributed by atoms with Crippen molar-refractivity contribution in [3.05, 3.63) is 230 Å². The average Bonchev–Trinajstić information content (AvgIpc) is 3.83. The number of para-hydroxylation sites is 3. The molecule has 0 bridgehead atoms. The van der Waals surface area contributed by atoms with E-state index in [-0.39, 0.29) is 11.5 Å². The van der Waals surface area contributed by atoms with Gasteiger partial charge in [-0.05, 0) is 77.7 Å². The van der Waals surface area contributed by atoms with E-state index >= 15 is 0 Å². The van der Waals surface area contributed by atoms with Crippen molar-refractivity contribution in [1.82, 2.24) is 19.5 Å². The molecule has 0 amide bonds. The number of rotatable bonds is 7. The van der Waals surface area contributed by atoms with Gasteiger partial charge in [0.05, 0.1) is 17.1 Å². The number of aromatic nitrogens is 4. The third-order valence-corrected chi connectivity index (χ3v) is 12.9. The minimum absolute atomic E-state index is 0.113. The molecule has 2 atom stereocenters. The van der Waals surface area contributed by atoms with Crippen molar-refractivity contribution in [3.8, 4) is 62.1 Å². The molecule has 298 valence electrons. The molecule has 5 heteroatoms. The molecule has 5 nitrogen and oxygen atoms in total. The summed E-state index contributed by atoms with van der Waals surface area (Å²) in [4.78, 5) is 18.2. The van der Waals surface area contributed by atoms with Gasteiger partial charge in [-0.2, -0.15) is 0 Å². The van der Waals surface area contributed by atoms with Crippen LogP contribution in [0.15, 0.2) is 224 Å².